The van der Waals surface area contributed by atoms with E-state index in [-0.39, 0.29) is 5.91 Å². The molecule has 1 aliphatic carbocycles. The minimum absolute atomic E-state index is 0.0772. The van der Waals surface area contributed by atoms with Crippen molar-refractivity contribution in [3.8, 4) is 5.75 Å². The summed E-state index contributed by atoms with van der Waals surface area (Å²) >= 11 is 9.56. The molecule has 5 heteroatoms. The first-order chi connectivity index (χ1) is 10.0. The molecule has 21 heavy (non-hydrogen) atoms. The van der Waals surface area contributed by atoms with Crippen LogP contribution < -0.4 is 10.1 Å². The lowest BCUT2D eigenvalue weighted by Crippen LogP contribution is -2.39. The Bertz CT molecular complexity index is 483. The predicted molar refractivity (Wildman–Crippen MR) is 89.2 cm³/mol. The van der Waals surface area contributed by atoms with Gasteiger partial charge < -0.3 is 10.1 Å². The van der Waals surface area contributed by atoms with Gasteiger partial charge >= 0.3 is 0 Å². The van der Waals surface area contributed by atoms with Crippen LogP contribution in [0.1, 0.15) is 32.6 Å². The number of hydrogen-bond donors (Lipinski definition) is 1. The summed E-state index contributed by atoms with van der Waals surface area (Å²) in [6.45, 7) is 2.48. The van der Waals surface area contributed by atoms with Gasteiger partial charge in [0, 0.05) is 16.4 Å². The van der Waals surface area contributed by atoms with E-state index in [1.54, 1.807) is 31.2 Å². The van der Waals surface area contributed by atoms with Crippen LogP contribution >= 0.6 is 27.5 Å². The molecular weight excluding hydrogens is 354 g/mol. The Morgan fingerprint density at radius 1 is 1.52 bits per heavy atom. The van der Waals surface area contributed by atoms with Gasteiger partial charge in [-0.3, -0.25) is 4.79 Å². The Balaban J connectivity index is 1.77. The zero-order valence-electron chi connectivity index (χ0n) is 12.1. The van der Waals surface area contributed by atoms with Crippen LogP contribution in [0.5, 0.6) is 5.75 Å². The highest BCUT2D eigenvalue weighted by Crippen LogP contribution is 2.28. The van der Waals surface area contributed by atoms with Crippen molar-refractivity contribution in [2.24, 2.45) is 5.92 Å². The maximum atomic E-state index is 12.1. The predicted octanol–water partition coefficient (Wildman–Crippen LogP) is 4.18. The normalized spacial score (nSPS) is 23.4. The maximum absolute atomic E-state index is 12.1. The third-order valence-electron chi connectivity index (χ3n) is 3.76. The molecular formula is C16H21BrClNO2. The molecule has 3 nitrogen and oxygen atoms in total. The van der Waals surface area contributed by atoms with Crippen LogP contribution in [-0.2, 0) is 4.79 Å². The minimum atomic E-state index is -0.521. The Hall–Kier alpha value is -0.740. The number of hydrogen-bond acceptors (Lipinski definition) is 2. The van der Waals surface area contributed by atoms with Crippen molar-refractivity contribution in [1.29, 1.82) is 0 Å². The minimum Gasteiger partial charge on any atom is -0.481 e. The summed E-state index contributed by atoms with van der Waals surface area (Å²) in [6, 6.07) is 7.09. The van der Waals surface area contributed by atoms with Gasteiger partial charge in [-0.25, -0.2) is 0 Å². The summed E-state index contributed by atoms with van der Waals surface area (Å²) in [5, 5.41) is 3.59. The quantitative estimate of drug-likeness (QED) is 0.785. The highest BCUT2D eigenvalue weighted by molar-refractivity contribution is 9.09. The van der Waals surface area contributed by atoms with E-state index in [0.717, 1.165) is 13.0 Å². The summed E-state index contributed by atoms with van der Waals surface area (Å²) in [5.41, 5.74) is 0. The highest BCUT2D eigenvalue weighted by Gasteiger charge is 2.22. The second-order valence-corrected chi connectivity index (χ2v) is 7.32. The van der Waals surface area contributed by atoms with Gasteiger partial charge in [-0.15, -0.1) is 0 Å². The molecule has 0 radical (unpaired) electrons. The van der Waals surface area contributed by atoms with Gasteiger partial charge in [0.2, 0.25) is 0 Å². The molecule has 1 aromatic rings. The number of halogens is 2. The first-order valence-corrected chi connectivity index (χ1v) is 8.68. The van der Waals surface area contributed by atoms with Crippen LogP contribution in [0.15, 0.2) is 24.3 Å². The van der Waals surface area contributed by atoms with E-state index in [1.165, 1.54) is 19.3 Å². The SMILES string of the molecule is CC(Oc1cccc(Cl)c1)C(=O)NCC1CCCC(Br)C1. The molecule has 1 saturated carbocycles. The van der Waals surface area contributed by atoms with Crippen LogP contribution in [0.3, 0.4) is 0 Å². The molecule has 0 heterocycles. The fraction of sp³-hybridized carbons (Fsp3) is 0.562. The fourth-order valence-corrected chi connectivity index (χ4v) is 3.63. The summed E-state index contributed by atoms with van der Waals surface area (Å²) in [7, 11) is 0. The fourth-order valence-electron chi connectivity index (χ4n) is 2.60. The molecule has 0 bridgehead atoms. The monoisotopic (exact) mass is 373 g/mol. The molecule has 0 spiro atoms. The summed E-state index contributed by atoms with van der Waals surface area (Å²) in [6.07, 6.45) is 4.26. The largest absolute Gasteiger partial charge is 0.481 e. The van der Waals surface area contributed by atoms with Gasteiger partial charge in [0.1, 0.15) is 5.75 Å². The molecule has 1 aromatic carbocycles. The molecule has 1 amide bonds. The van der Waals surface area contributed by atoms with Crippen molar-refractivity contribution in [3.63, 3.8) is 0 Å². The van der Waals surface area contributed by atoms with Crippen LogP contribution in [0.2, 0.25) is 5.02 Å². The van der Waals surface area contributed by atoms with Gasteiger partial charge in [0.15, 0.2) is 6.10 Å². The van der Waals surface area contributed by atoms with E-state index >= 15 is 0 Å². The Morgan fingerprint density at radius 3 is 3.05 bits per heavy atom. The molecule has 0 aromatic heterocycles. The number of alkyl halides is 1. The third-order valence-corrected chi connectivity index (χ3v) is 4.83. The molecule has 1 aliphatic rings. The van der Waals surface area contributed by atoms with Crippen LogP contribution in [0.4, 0.5) is 0 Å². The molecule has 3 atom stereocenters. The molecule has 2 rings (SSSR count). The van der Waals surface area contributed by atoms with E-state index in [0.29, 0.717) is 21.5 Å². The van der Waals surface area contributed by atoms with E-state index < -0.39 is 6.10 Å². The molecule has 116 valence electrons. The third kappa shape index (κ3) is 5.51. The van der Waals surface area contributed by atoms with Crippen molar-refractivity contribution >= 4 is 33.4 Å². The van der Waals surface area contributed by atoms with Crippen molar-refractivity contribution in [2.45, 2.75) is 43.5 Å². The van der Waals surface area contributed by atoms with Crippen LogP contribution in [0.25, 0.3) is 0 Å². The molecule has 1 N–H and O–H groups in total. The van der Waals surface area contributed by atoms with Gasteiger partial charge in [0.25, 0.3) is 5.91 Å². The van der Waals surface area contributed by atoms with Gasteiger partial charge in [-0.2, -0.15) is 0 Å². The number of nitrogens with one attached hydrogen (secondary N) is 1. The summed E-state index contributed by atoms with van der Waals surface area (Å²) < 4.78 is 5.61. The zero-order valence-corrected chi connectivity index (χ0v) is 14.5. The highest BCUT2D eigenvalue weighted by atomic mass is 79.9. The Kier molecular flexibility index (Phi) is 6.37. The number of ether oxygens (including phenoxy) is 1. The summed E-state index contributed by atoms with van der Waals surface area (Å²) in [5.74, 6) is 1.10. The van der Waals surface area contributed by atoms with Crippen molar-refractivity contribution in [3.05, 3.63) is 29.3 Å². The van der Waals surface area contributed by atoms with Gasteiger partial charge in [-0.05, 0) is 50.3 Å². The van der Waals surface area contributed by atoms with Crippen molar-refractivity contribution < 1.29 is 9.53 Å². The maximum Gasteiger partial charge on any atom is 0.260 e. The Morgan fingerprint density at radius 2 is 2.33 bits per heavy atom. The number of amides is 1. The second-order valence-electron chi connectivity index (χ2n) is 5.59. The Labute approximate surface area is 139 Å². The standard InChI is InChI=1S/C16H21BrClNO2/c1-11(21-15-7-3-6-14(18)9-15)16(20)19-10-12-4-2-5-13(17)8-12/h3,6-7,9,11-13H,2,4-5,8,10H2,1H3,(H,19,20). The molecule has 0 saturated heterocycles. The first kappa shape index (κ1) is 16.6. The summed E-state index contributed by atoms with van der Waals surface area (Å²) in [4.78, 5) is 12.7. The van der Waals surface area contributed by atoms with Gasteiger partial charge in [0.05, 0.1) is 0 Å². The topological polar surface area (TPSA) is 38.3 Å². The van der Waals surface area contributed by atoms with E-state index in [1.807, 2.05) is 0 Å². The second kappa shape index (κ2) is 8.04. The number of carbonyl (C=O) groups excluding carboxylic acids is 1. The van der Waals surface area contributed by atoms with Crippen molar-refractivity contribution in [2.75, 3.05) is 6.54 Å². The van der Waals surface area contributed by atoms with E-state index in [2.05, 4.69) is 21.2 Å². The number of benzene rings is 1. The van der Waals surface area contributed by atoms with Crippen molar-refractivity contribution in [1.82, 2.24) is 5.32 Å². The van der Waals surface area contributed by atoms with E-state index in [4.69, 9.17) is 16.3 Å². The average Bonchev–Trinajstić information content (AvgIpc) is 2.45. The lowest BCUT2D eigenvalue weighted by atomic mass is 9.89. The first-order valence-electron chi connectivity index (χ1n) is 7.38. The smallest absolute Gasteiger partial charge is 0.260 e. The lowest BCUT2D eigenvalue weighted by molar-refractivity contribution is -0.127. The van der Waals surface area contributed by atoms with Crippen LogP contribution in [0, 0.1) is 5.92 Å². The lowest BCUT2D eigenvalue weighted by Gasteiger charge is -2.26. The number of carbonyl (C=O) groups is 1. The zero-order chi connectivity index (χ0) is 15.2. The molecule has 3 unspecified atom stereocenters. The van der Waals surface area contributed by atoms with Crippen LogP contribution in [-0.4, -0.2) is 23.4 Å². The average molecular weight is 375 g/mol. The molecule has 0 aliphatic heterocycles. The number of rotatable bonds is 5. The molecule has 1 fully saturated rings. The van der Waals surface area contributed by atoms with Gasteiger partial charge in [-0.1, -0.05) is 40.0 Å². The van der Waals surface area contributed by atoms with E-state index in [9.17, 15) is 4.79 Å².